The minimum absolute atomic E-state index is 0.591. The zero-order valence-corrected chi connectivity index (χ0v) is 16.0. The summed E-state index contributed by atoms with van der Waals surface area (Å²) in [5.74, 6) is 3.07. The molecule has 1 heteroatoms. The molecule has 0 bridgehead atoms. The van der Waals surface area contributed by atoms with E-state index in [1.165, 1.54) is 96.3 Å². The van der Waals surface area contributed by atoms with Gasteiger partial charge in [0.1, 0.15) is 0 Å². The van der Waals surface area contributed by atoms with Crippen molar-refractivity contribution in [3.8, 4) is 0 Å². The monoisotopic (exact) mass is 322 g/mol. The van der Waals surface area contributed by atoms with Gasteiger partial charge in [0.15, 0.2) is 0 Å². The van der Waals surface area contributed by atoms with Crippen LogP contribution in [-0.2, 0) is 4.74 Å². The molecule has 1 nitrogen and oxygen atoms in total. The van der Waals surface area contributed by atoms with Crippen LogP contribution in [0.1, 0.15) is 110 Å². The van der Waals surface area contributed by atoms with Gasteiger partial charge in [-0.1, -0.05) is 71.6 Å². The maximum absolute atomic E-state index is 6.19. The molecule has 0 aromatic heterocycles. The van der Waals surface area contributed by atoms with Gasteiger partial charge in [-0.05, 0) is 56.3 Å². The van der Waals surface area contributed by atoms with Crippen molar-refractivity contribution in [1.29, 1.82) is 0 Å². The molecule has 0 saturated heterocycles. The molecule has 0 aromatic carbocycles. The van der Waals surface area contributed by atoms with E-state index in [1.807, 2.05) is 0 Å². The second-order valence-corrected chi connectivity index (χ2v) is 8.40. The number of unbranched alkanes of at least 4 members (excludes halogenated alkanes) is 4. The molecule has 2 aliphatic carbocycles. The van der Waals surface area contributed by atoms with Crippen molar-refractivity contribution in [2.45, 2.75) is 116 Å². The van der Waals surface area contributed by atoms with E-state index in [9.17, 15) is 0 Å². The topological polar surface area (TPSA) is 9.23 Å². The summed E-state index contributed by atoms with van der Waals surface area (Å²) in [5.41, 5.74) is 0. The number of hydrogen-bond donors (Lipinski definition) is 0. The van der Waals surface area contributed by atoms with E-state index in [0.717, 1.165) is 24.4 Å². The van der Waals surface area contributed by atoms with Crippen molar-refractivity contribution in [1.82, 2.24) is 0 Å². The van der Waals surface area contributed by atoms with Crippen LogP contribution in [0.2, 0.25) is 0 Å². The SMILES string of the molecule is CCCCCO[C@@H]1CCC[C@@H]([C@H]2CC[C@@H](CCCCC)CC2)C1. The Balaban J connectivity index is 1.63. The Morgan fingerprint density at radius 2 is 1.48 bits per heavy atom. The summed E-state index contributed by atoms with van der Waals surface area (Å²) in [4.78, 5) is 0. The van der Waals surface area contributed by atoms with Crippen molar-refractivity contribution >= 4 is 0 Å². The predicted molar refractivity (Wildman–Crippen MR) is 101 cm³/mol. The van der Waals surface area contributed by atoms with Crippen molar-refractivity contribution in [3.05, 3.63) is 0 Å². The minimum atomic E-state index is 0.591. The molecule has 0 spiro atoms. The first kappa shape index (κ1) is 19.3. The van der Waals surface area contributed by atoms with Crippen LogP contribution in [0, 0.1) is 17.8 Å². The zero-order chi connectivity index (χ0) is 16.3. The Bertz CT molecular complexity index is 280. The highest BCUT2D eigenvalue weighted by molar-refractivity contribution is 4.83. The van der Waals surface area contributed by atoms with Crippen LogP contribution in [-0.4, -0.2) is 12.7 Å². The Kier molecular flexibility index (Phi) is 9.65. The van der Waals surface area contributed by atoms with Crippen LogP contribution in [0.3, 0.4) is 0 Å². The molecule has 2 aliphatic rings. The van der Waals surface area contributed by atoms with Gasteiger partial charge in [0.05, 0.1) is 6.10 Å². The fourth-order valence-corrected chi connectivity index (χ4v) is 4.99. The second-order valence-electron chi connectivity index (χ2n) is 8.40. The second kappa shape index (κ2) is 11.5. The van der Waals surface area contributed by atoms with Gasteiger partial charge in [0.2, 0.25) is 0 Å². The molecule has 0 aliphatic heterocycles. The summed E-state index contributed by atoms with van der Waals surface area (Å²) >= 11 is 0. The fraction of sp³-hybridized carbons (Fsp3) is 1.00. The largest absolute Gasteiger partial charge is 0.378 e. The Hall–Kier alpha value is -0.0400. The molecule has 136 valence electrons. The van der Waals surface area contributed by atoms with Crippen molar-refractivity contribution in [2.75, 3.05) is 6.61 Å². The summed E-state index contributed by atoms with van der Waals surface area (Å²) in [6, 6.07) is 0. The average Bonchev–Trinajstić information content (AvgIpc) is 2.60. The molecule has 2 rings (SSSR count). The molecule has 0 radical (unpaired) electrons. The van der Waals surface area contributed by atoms with Gasteiger partial charge in [-0.3, -0.25) is 0 Å². The Labute approximate surface area is 146 Å². The van der Waals surface area contributed by atoms with E-state index in [-0.39, 0.29) is 0 Å². The molecule has 0 aromatic rings. The Morgan fingerprint density at radius 1 is 0.739 bits per heavy atom. The summed E-state index contributed by atoms with van der Waals surface area (Å²) < 4.78 is 6.19. The van der Waals surface area contributed by atoms with E-state index in [2.05, 4.69) is 13.8 Å². The highest BCUT2D eigenvalue weighted by Gasteiger charge is 2.31. The molecule has 2 fully saturated rings. The van der Waals surface area contributed by atoms with Crippen LogP contribution in [0.5, 0.6) is 0 Å². The lowest BCUT2D eigenvalue weighted by Gasteiger charge is -2.38. The third-order valence-corrected chi connectivity index (χ3v) is 6.54. The normalized spacial score (nSPS) is 32.1. The first-order valence-electron chi connectivity index (χ1n) is 10.9. The molecule has 0 N–H and O–H groups in total. The summed E-state index contributed by atoms with van der Waals surface area (Å²) in [6.45, 7) is 5.60. The van der Waals surface area contributed by atoms with Gasteiger partial charge in [0.25, 0.3) is 0 Å². The van der Waals surface area contributed by atoms with Crippen LogP contribution >= 0.6 is 0 Å². The molecular weight excluding hydrogens is 280 g/mol. The van der Waals surface area contributed by atoms with Crippen LogP contribution in [0.4, 0.5) is 0 Å². The lowest BCUT2D eigenvalue weighted by molar-refractivity contribution is -0.00359. The third kappa shape index (κ3) is 7.16. The number of hydrogen-bond acceptors (Lipinski definition) is 1. The number of ether oxygens (including phenoxy) is 1. The first-order chi connectivity index (χ1) is 11.3. The van der Waals surface area contributed by atoms with Gasteiger partial charge < -0.3 is 4.74 Å². The average molecular weight is 323 g/mol. The lowest BCUT2D eigenvalue weighted by Crippen LogP contribution is -2.30. The van der Waals surface area contributed by atoms with Crippen LogP contribution < -0.4 is 0 Å². The Morgan fingerprint density at radius 3 is 2.22 bits per heavy atom. The lowest BCUT2D eigenvalue weighted by atomic mass is 9.70. The molecule has 2 atom stereocenters. The first-order valence-corrected chi connectivity index (χ1v) is 10.9. The van der Waals surface area contributed by atoms with E-state index in [1.54, 1.807) is 0 Å². The van der Waals surface area contributed by atoms with Crippen molar-refractivity contribution < 1.29 is 4.74 Å². The van der Waals surface area contributed by atoms with E-state index in [0.29, 0.717) is 6.10 Å². The standard InChI is InChI=1S/C22H42O/c1-3-5-7-10-19-13-15-20(16-14-19)21-11-9-12-22(18-21)23-17-8-6-4-2/h19-22H,3-18H2,1-2H3/t19-,20+,21-,22-/m1/s1. The maximum atomic E-state index is 6.19. The van der Waals surface area contributed by atoms with Gasteiger partial charge in [-0.25, -0.2) is 0 Å². The highest BCUT2D eigenvalue weighted by Crippen LogP contribution is 2.41. The van der Waals surface area contributed by atoms with E-state index < -0.39 is 0 Å². The van der Waals surface area contributed by atoms with E-state index in [4.69, 9.17) is 4.74 Å². The third-order valence-electron chi connectivity index (χ3n) is 6.54. The van der Waals surface area contributed by atoms with Gasteiger partial charge in [0, 0.05) is 6.61 Å². The summed E-state index contributed by atoms with van der Waals surface area (Å²) in [6.07, 6.45) is 22.0. The molecule has 2 saturated carbocycles. The van der Waals surface area contributed by atoms with Crippen molar-refractivity contribution in [2.24, 2.45) is 17.8 Å². The fourth-order valence-electron chi connectivity index (χ4n) is 4.99. The molecular formula is C22H42O. The predicted octanol–water partition coefficient (Wildman–Crippen LogP) is 7.14. The molecule has 23 heavy (non-hydrogen) atoms. The summed E-state index contributed by atoms with van der Waals surface area (Å²) in [5, 5.41) is 0. The maximum Gasteiger partial charge on any atom is 0.0577 e. The molecule has 0 heterocycles. The van der Waals surface area contributed by atoms with Gasteiger partial charge in [-0.2, -0.15) is 0 Å². The minimum Gasteiger partial charge on any atom is -0.378 e. The molecule has 0 amide bonds. The quantitative estimate of drug-likeness (QED) is 0.388. The smallest absolute Gasteiger partial charge is 0.0577 e. The summed E-state index contributed by atoms with van der Waals surface area (Å²) in [7, 11) is 0. The van der Waals surface area contributed by atoms with Crippen molar-refractivity contribution in [3.63, 3.8) is 0 Å². The van der Waals surface area contributed by atoms with Gasteiger partial charge >= 0.3 is 0 Å². The number of rotatable bonds is 10. The van der Waals surface area contributed by atoms with Crippen LogP contribution in [0.15, 0.2) is 0 Å². The zero-order valence-electron chi connectivity index (χ0n) is 16.0. The molecule has 0 unspecified atom stereocenters. The van der Waals surface area contributed by atoms with Gasteiger partial charge in [-0.15, -0.1) is 0 Å². The van der Waals surface area contributed by atoms with E-state index >= 15 is 0 Å². The highest BCUT2D eigenvalue weighted by atomic mass is 16.5. The van der Waals surface area contributed by atoms with Crippen LogP contribution in [0.25, 0.3) is 0 Å².